The molecule has 2 saturated heterocycles. The molecule has 0 aromatic carbocycles. The predicted molar refractivity (Wildman–Crippen MR) is 76.7 cm³/mol. The Bertz CT molecular complexity index is 515. The van der Waals surface area contributed by atoms with E-state index in [1.54, 1.807) is 0 Å². The number of hydrogen-bond donors (Lipinski definition) is 1. The Labute approximate surface area is 117 Å². The van der Waals surface area contributed by atoms with Crippen molar-refractivity contribution in [3.63, 3.8) is 0 Å². The molecule has 0 spiro atoms. The number of rotatable bonds is 3. The van der Waals surface area contributed by atoms with E-state index in [9.17, 15) is 10.1 Å². The molecule has 108 valence electrons. The lowest BCUT2D eigenvalue weighted by Crippen LogP contribution is -2.35. The first-order valence-corrected chi connectivity index (χ1v) is 7.04. The van der Waals surface area contributed by atoms with Crippen molar-refractivity contribution >= 4 is 17.3 Å². The van der Waals surface area contributed by atoms with Gasteiger partial charge in [-0.25, -0.2) is 4.98 Å². The lowest BCUT2D eigenvalue weighted by molar-refractivity contribution is -0.384. The third-order valence-corrected chi connectivity index (χ3v) is 4.17. The van der Waals surface area contributed by atoms with Crippen molar-refractivity contribution in [2.24, 2.45) is 0 Å². The molecular formula is C13H19N5O2. The van der Waals surface area contributed by atoms with Gasteiger partial charge in [-0.3, -0.25) is 15.0 Å². The van der Waals surface area contributed by atoms with Gasteiger partial charge in [0.05, 0.1) is 17.1 Å². The number of nitrogens with two attached hydrogens (primary N) is 1. The molecule has 0 bridgehead atoms. The summed E-state index contributed by atoms with van der Waals surface area (Å²) < 4.78 is 0. The van der Waals surface area contributed by atoms with Crippen LogP contribution in [-0.2, 0) is 0 Å². The lowest BCUT2D eigenvalue weighted by Gasteiger charge is -2.24. The Hall–Kier alpha value is -1.89. The van der Waals surface area contributed by atoms with Crippen LogP contribution >= 0.6 is 0 Å². The standard InChI is InChI=1S/C13H19N5O2/c14-12-7-11(18(19)20)8-13(15-12)17-6-3-10(9-17)16-4-1-2-5-16/h7-8,10H,1-6,9H2,(H2,14,15). The minimum atomic E-state index is -0.421. The molecule has 3 heterocycles. The molecule has 1 aromatic rings. The van der Waals surface area contributed by atoms with E-state index in [2.05, 4.69) is 14.8 Å². The third kappa shape index (κ3) is 2.53. The molecule has 2 fully saturated rings. The maximum absolute atomic E-state index is 10.9. The van der Waals surface area contributed by atoms with E-state index in [-0.39, 0.29) is 11.5 Å². The second kappa shape index (κ2) is 5.24. The van der Waals surface area contributed by atoms with Crippen LogP contribution in [0.25, 0.3) is 0 Å². The van der Waals surface area contributed by atoms with E-state index in [0.29, 0.717) is 11.9 Å². The molecule has 1 atom stereocenters. The minimum absolute atomic E-state index is 0.0112. The molecule has 0 saturated carbocycles. The van der Waals surface area contributed by atoms with Gasteiger partial charge in [-0.15, -0.1) is 0 Å². The van der Waals surface area contributed by atoms with Crippen LogP contribution in [0.1, 0.15) is 19.3 Å². The zero-order valence-corrected chi connectivity index (χ0v) is 11.4. The lowest BCUT2D eigenvalue weighted by atomic mass is 10.2. The molecule has 3 rings (SSSR count). The van der Waals surface area contributed by atoms with E-state index in [4.69, 9.17) is 5.73 Å². The average Bonchev–Trinajstić information content (AvgIpc) is 3.09. The first kappa shape index (κ1) is 13.1. The van der Waals surface area contributed by atoms with Gasteiger partial charge in [-0.05, 0) is 32.4 Å². The zero-order valence-electron chi connectivity index (χ0n) is 11.4. The van der Waals surface area contributed by atoms with Crippen molar-refractivity contribution in [3.05, 3.63) is 22.2 Å². The molecule has 2 aliphatic heterocycles. The SMILES string of the molecule is Nc1cc([N+](=O)[O-])cc(N2CCC(N3CCCC3)C2)n1. The number of anilines is 2. The maximum Gasteiger partial charge on any atom is 0.276 e. The molecule has 7 nitrogen and oxygen atoms in total. The first-order chi connectivity index (χ1) is 9.63. The van der Waals surface area contributed by atoms with Gasteiger partial charge < -0.3 is 10.6 Å². The van der Waals surface area contributed by atoms with Crippen LogP contribution in [0, 0.1) is 10.1 Å². The summed E-state index contributed by atoms with van der Waals surface area (Å²) in [6.45, 7) is 4.11. The molecule has 1 aromatic heterocycles. The Morgan fingerprint density at radius 3 is 2.75 bits per heavy atom. The van der Waals surface area contributed by atoms with Gasteiger partial charge in [0.25, 0.3) is 5.69 Å². The van der Waals surface area contributed by atoms with Gasteiger partial charge in [-0.1, -0.05) is 0 Å². The highest BCUT2D eigenvalue weighted by Gasteiger charge is 2.30. The monoisotopic (exact) mass is 277 g/mol. The normalized spacial score (nSPS) is 23.4. The second-order valence-electron chi connectivity index (χ2n) is 5.50. The van der Waals surface area contributed by atoms with E-state index < -0.39 is 4.92 Å². The largest absolute Gasteiger partial charge is 0.383 e. The van der Waals surface area contributed by atoms with Crippen molar-refractivity contribution in [1.29, 1.82) is 0 Å². The number of hydrogen-bond acceptors (Lipinski definition) is 6. The molecule has 7 heteroatoms. The molecule has 1 unspecified atom stereocenters. The Morgan fingerprint density at radius 1 is 1.30 bits per heavy atom. The van der Waals surface area contributed by atoms with Gasteiger partial charge in [-0.2, -0.15) is 0 Å². The summed E-state index contributed by atoms with van der Waals surface area (Å²) in [7, 11) is 0. The summed E-state index contributed by atoms with van der Waals surface area (Å²) in [5.41, 5.74) is 5.68. The Kier molecular flexibility index (Phi) is 3.43. The van der Waals surface area contributed by atoms with Crippen LogP contribution in [0.3, 0.4) is 0 Å². The number of likely N-dealkylation sites (tertiary alicyclic amines) is 1. The number of nitrogens with zero attached hydrogens (tertiary/aromatic N) is 4. The second-order valence-corrected chi connectivity index (χ2v) is 5.50. The molecule has 20 heavy (non-hydrogen) atoms. The number of nitro groups is 1. The van der Waals surface area contributed by atoms with Crippen LogP contribution in [0.4, 0.5) is 17.3 Å². The van der Waals surface area contributed by atoms with Crippen LogP contribution in [-0.4, -0.2) is 47.0 Å². The van der Waals surface area contributed by atoms with Crippen molar-refractivity contribution in [1.82, 2.24) is 9.88 Å². The fourth-order valence-electron chi connectivity index (χ4n) is 3.14. The Morgan fingerprint density at radius 2 is 2.05 bits per heavy atom. The van der Waals surface area contributed by atoms with Gasteiger partial charge in [0.1, 0.15) is 11.6 Å². The summed E-state index contributed by atoms with van der Waals surface area (Å²) >= 11 is 0. The summed E-state index contributed by atoms with van der Waals surface area (Å²) in [5, 5.41) is 10.9. The summed E-state index contributed by atoms with van der Waals surface area (Å²) in [5.74, 6) is 0.831. The topological polar surface area (TPSA) is 88.5 Å². The first-order valence-electron chi connectivity index (χ1n) is 7.04. The number of pyridine rings is 1. The quantitative estimate of drug-likeness (QED) is 0.660. The highest BCUT2D eigenvalue weighted by atomic mass is 16.6. The molecule has 0 aliphatic carbocycles. The van der Waals surface area contributed by atoms with Gasteiger partial charge in [0.15, 0.2) is 0 Å². The zero-order chi connectivity index (χ0) is 14.1. The van der Waals surface area contributed by atoms with Crippen molar-refractivity contribution < 1.29 is 4.92 Å². The van der Waals surface area contributed by atoms with Crippen LogP contribution in [0.5, 0.6) is 0 Å². The van der Waals surface area contributed by atoms with Gasteiger partial charge >= 0.3 is 0 Å². The third-order valence-electron chi connectivity index (χ3n) is 4.17. The van der Waals surface area contributed by atoms with Crippen molar-refractivity contribution in [3.8, 4) is 0 Å². The minimum Gasteiger partial charge on any atom is -0.383 e. The van der Waals surface area contributed by atoms with Crippen LogP contribution in [0.2, 0.25) is 0 Å². The van der Waals surface area contributed by atoms with Crippen LogP contribution in [0.15, 0.2) is 12.1 Å². The Balaban J connectivity index is 1.75. The smallest absolute Gasteiger partial charge is 0.276 e. The summed E-state index contributed by atoms with van der Waals surface area (Å²) in [6.07, 6.45) is 3.64. The molecule has 0 radical (unpaired) electrons. The van der Waals surface area contributed by atoms with Crippen molar-refractivity contribution in [2.75, 3.05) is 36.8 Å². The van der Waals surface area contributed by atoms with Crippen molar-refractivity contribution in [2.45, 2.75) is 25.3 Å². The molecule has 0 amide bonds. The van der Waals surface area contributed by atoms with Gasteiger partial charge in [0, 0.05) is 19.1 Å². The van der Waals surface area contributed by atoms with Gasteiger partial charge in [0.2, 0.25) is 0 Å². The van der Waals surface area contributed by atoms with E-state index in [1.165, 1.54) is 38.1 Å². The van der Waals surface area contributed by atoms with E-state index >= 15 is 0 Å². The molecule has 2 N–H and O–H groups in total. The molecule has 2 aliphatic rings. The average molecular weight is 277 g/mol. The fraction of sp³-hybridized carbons (Fsp3) is 0.615. The molecular weight excluding hydrogens is 258 g/mol. The van der Waals surface area contributed by atoms with E-state index in [0.717, 1.165) is 19.5 Å². The van der Waals surface area contributed by atoms with E-state index in [1.807, 2.05) is 0 Å². The van der Waals surface area contributed by atoms with Crippen LogP contribution < -0.4 is 10.6 Å². The maximum atomic E-state index is 10.9. The summed E-state index contributed by atoms with van der Waals surface area (Å²) in [4.78, 5) is 19.3. The highest BCUT2D eigenvalue weighted by molar-refractivity contribution is 5.54. The fourth-order valence-corrected chi connectivity index (χ4v) is 3.14. The highest BCUT2D eigenvalue weighted by Crippen LogP contribution is 2.27. The number of nitrogen functional groups attached to an aromatic ring is 1. The predicted octanol–water partition coefficient (Wildman–Crippen LogP) is 1.25. The summed E-state index contributed by atoms with van der Waals surface area (Å²) in [6, 6.07) is 3.36. The number of aromatic nitrogens is 1.